The van der Waals surface area contributed by atoms with E-state index in [1.165, 1.54) is 34.1 Å². The van der Waals surface area contributed by atoms with Crippen LogP contribution in [0.25, 0.3) is 11.3 Å². The molecular formula is C30H30F3N5O5S. The Bertz CT molecular complexity index is 1740. The second-order valence-electron chi connectivity index (χ2n) is 11.6. The van der Waals surface area contributed by atoms with Gasteiger partial charge in [0.2, 0.25) is 17.7 Å². The molecule has 10 nitrogen and oxygen atoms in total. The predicted molar refractivity (Wildman–Crippen MR) is 153 cm³/mol. The molecule has 6 bridgehead atoms. The van der Waals surface area contributed by atoms with Crippen molar-refractivity contribution in [1.82, 2.24) is 19.8 Å². The molecule has 0 radical (unpaired) electrons. The quantitative estimate of drug-likeness (QED) is 0.458. The number of nitrogens with zero attached hydrogens (tertiary/aromatic N) is 4. The van der Waals surface area contributed by atoms with Gasteiger partial charge in [0.05, 0.1) is 22.0 Å². The number of ether oxygens (including phenoxy) is 1. The van der Waals surface area contributed by atoms with Gasteiger partial charge in [0.1, 0.15) is 6.61 Å². The van der Waals surface area contributed by atoms with Crippen LogP contribution in [0.1, 0.15) is 40.7 Å². The number of carbonyl (C=O) groups is 2. The first-order valence-electron chi connectivity index (χ1n) is 14.1. The lowest BCUT2D eigenvalue weighted by Gasteiger charge is -2.42. The van der Waals surface area contributed by atoms with Crippen molar-refractivity contribution >= 4 is 27.8 Å². The third-order valence-corrected chi connectivity index (χ3v) is 9.84. The Labute approximate surface area is 252 Å². The molecule has 1 N–H and O–H groups in total. The summed E-state index contributed by atoms with van der Waals surface area (Å²) in [4.78, 5) is 38.2. The van der Waals surface area contributed by atoms with Crippen molar-refractivity contribution in [3.05, 3.63) is 65.2 Å². The molecule has 2 aromatic carbocycles. The maximum atomic E-state index is 13.7. The smallest absolute Gasteiger partial charge is 0.395 e. The van der Waals surface area contributed by atoms with Crippen LogP contribution in [0.15, 0.2) is 53.4 Å². The zero-order valence-corrected chi connectivity index (χ0v) is 24.8. The summed E-state index contributed by atoms with van der Waals surface area (Å²) in [6, 6.07) is 11.9. The highest BCUT2D eigenvalue weighted by atomic mass is 32.2. The van der Waals surface area contributed by atoms with E-state index >= 15 is 0 Å². The Morgan fingerprint density at radius 1 is 1.07 bits per heavy atom. The molecule has 232 valence electrons. The minimum atomic E-state index is -4.49. The largest absolute Gasteiger partial charge is 0.475 e. The second-order valence-corrected chi connectivity index (χ2v) is 13.3. The SMILES string of the molecule is Cc1cccc(C)c1-c1cc2nc(n1)NS(=O)(=O)c1cccc(c1)C(=O)N1CCN(C(=O)CC3(C(F)(F)F)CC3)C(CO2)C1. The number of hydrogen-bond acceptors (Lipinski definition) is 7. The highest BCUT2D eigenvalue weighted by molar-refractivity contribution is 7.92. The number of nitrogens with one attached hydrogen (secondary N) is 1. The van der Waals surface area contributed by atoms with E-state index in [4.69, 9.17) is 4.74 Å². The molecular weight excluding hydrogens is 599 g/mol. The number of hydrogen-bond donors (Lipinski definition) is 1. The molecule has 1 saturated carbocycles. The van der Waals surface area contributed by atoms with Crippen molar-refractivity contribution in [2.75, 3.05) is 31.0 Å². The number of fused-ring (bicyclic) bond motifs is 6. The normalized spacial score (nSPS) is 20.7. The summed E-state index contributed by atoms with van der Waals surface area (Å²) in [5.41, 5.74) is 0.975. The van der Waals surface area contributed by atoms with Crippen LogP contribution < -0.4 is 9.46 Å². The van der Waals surface area contributed by atoms with E-state index in [1.807, 2.05) is 32.0 Å². The summed E-state index contributed by atoms with van der Waals surface area (Å²) in [6.45, 7) is 3.59. The number of aryl methyl sites for hydroxylation is 2. The van der Waals surface area contributed by atoms with Crippen LogP contribution in [0.3, 0.4) is 0 Å². The lowest BCUT2D eigenvalue weighted by atomic mass is 9.99. The van der Waals surface area contributed by atoms with Crippen molar-refractivity contribution in [3.8, 4) is 17.1 Å². The molecule has 2 aliphatic heterocycles. The molecule has 3 aliphatic rings. The Morgan fingerprint density at radius 2 is 1.77 bits per heavy atom. The Morgan fingerprint density at radius 3 is 2.45 bits per heavy atom. The van der Waals surface area contributed by atoms with Crippen molar-refractivity contribution in [2.45, 2.75) is 50.2 Å². The first-order valence-corrected chi connectivity index (χ1v) is 15.6. The van der Waals surface area contributed by atoms with Crippen molar-refractivity contribution in [1.29, 1.82) is 0 Å². The predicted octanol–water partition coefficient (Wildman–Crippen LogP) is 4.34. The minimum Gasteiger partial charge on any atom is -0.475 e. The van der Waals surface area contributed by atoms with E-state index in [2.05, 4.69) is 14.7 Å². The van der Waals surface area contributed by atoms with Gasteiger partial charge in [-0.1, -0.05) is 24.3 Å². The summed E-state index contributed by atoms with van der Waals surface area (Å²) in [5.74, 6) is -1.41. The molecule has 0 spiro atoms. The van der Waals surface area contributed by atoms with Gasteiger partial charge < -0.3 is 14.5 Å². The number of carbonyl (C=O) groups excluding carboxylic acids is 2. The molecule has 1 atom stereocenters. The highest BCUT2D eigenvalue weighted by Gasteiger charge is 2.64. The Kier molecular flexibility index (Phi) is 7.30. The fraction of sp³-hybridized carbons (Fsp3) is 0.400. The first-order chi connectivity index (χ1) is 20.8. The van der Waals surface area contributed by atoms with E-state index in [1.54, 1.807) is 6.07 Å². The molecule has 6 rings (SSSR count). The first kappa shape index (κ1) is 29.9. The Balaban J connectivity index is 1.41. The number of rotatable bonds is 3. The summed E-state index contributed by atoms with van der Waals surface area (Å²) in [5, 5.41) is 0. The van der Waals surface area contributed by atoms with Crippen LogP contribution in [0.4, 0.5) is 19.1 Å². The zero-order chi connectivity index (χ0) is 31.4. The molecule has 14 heteroatoms. The van der Waals surface area contributed by atoms with E-state index in [0.29, 0.717) is 5.69 Å². The van der Waals surface area contributed by atoms with Gasteiger partial charge >= 0.3 is 6.18 Å². The lowest BCUT2D eigenvalue weighted by molar-refractivity contribution is -0.193. The lowest BCUT2D eigenvalue weighted by Crippen LogP contribution is -2.59. The van der Waals surface area contributed by atoms with Crippen LogP contribution in [-0.2, 0) is 14.8 Å². The van der Waals surface area contributed by atoms with Gasteiger partial charge in [0, 0.05) is 43.2 Å². The molecule has 1 unspecified atom stereocenters. The van der Waals surface area contributed by atoms with Gasteiger partial charge in [0.25, 0.3) is 15.9 Å². The van der Waals surface area contributed by atoms with Gasteiger partial charge in [-0.05, 0) is 56.0 Å². The highest BCUT2D eigenvalue weighted by Crippen LogP contribution is 2.60. The Hall–Kier alpha value is -4.20. The summed E-state index contributed by atoms with van der Waals surface area (Å²) < 4.78 is 76.2. The number of benzene rings is 2. The van der Waals surface area contributed by atoms with Gasteiger partial charge in [-0.15, -0.1) is 0 Å². The average Bonchev–Trinajstić information content (AvgIpc) is 3.76. The van der Waals surface area contributed by atoms with Gasteiger partial charge in [-0.3, -0.25) is 9.59 Å². The van der Waals surface area contributed by atoms with E-state index in [0.717, 1.165) is 16.7 Å². The number of anilines is 1. The number of amides is 2. The van der Waals surface area contributed by atoms with Crippen molar-refractivity contribution in [2.24, 2.45) is 5.41 Å². The second kappa shape index (κ2) is 10.8. The fourth-order valence-corrected chi connectivity index (χ4v) is 6.83. The van der Waals surface area contributed by atoms with E-state index in [9.17, 15) is 31.2 Å². The zero-order valence-electron chi connectivity index (χ0n) is 24.0. The summed E-state index contributed by atoms with van der Waals surface area (Å²) >= 11 is 0. The molecule has 1 saturated heterocycles. The molecule has 44 heavy (non-hydrogen) atoms. The van der Waals surface area contributed by atoms with Crippen LogP contribution in [0, 0.1) is 19.3 Å². The maximum Gasteiger partial charge on any atom is 0.395 e. The maximum absolute atomic E-state index is 13.7. The topological polar surface area (TPSA) is 122 Å². The standard InChI is InChI=1S/C30H30F3N5O5S/c1-18-5-3-6-19(2)26(18)23-14-24-35-28(34-23)36-44(41,42)22-8-4-7-20(13-22)27(40)37-11-12-38(21(16-37)17-43-24)25(39)15-29(9-10-29)30(31,32)33/h3-8,13-14,21H,9-12,15-17H2,1-2H3,(H,34,35,36). The molecule has 1 aliphatic carbocycles. The summed E-state index contributed by atoms with van der Waals surface area (Å²) in [7, 11) is -4.22. The number of aromatic nitrogens is 2. The van der Waals surface area contributed by atoms with Crippen molar-refractivity contribution in [3.63, 3.8) is 0 Å². The molecule has 3 heterocycles. The molecule has 2 amide bonds. The fourth-order valence-electron chi connectivity index (χ4n) is 5.84. The summed E-state index contributed by atoms with van der Waals surface area (Å²) in [6.07, 6.45) is -5.35. The van der Waals surface area contributed by atoms with Crippen molar-refractivity contribution < 1.29 is 35.9 Å². The van der Waals surface area contributed by atoms with Gasteiger partial charge in [-0.25, -0.2) is 18.1 Å². The van der Waals surface area contributed by atoms with E-state index < -0.39 is 45.9 Å². The average molecular weight is 630 g/mol. The third-order valence-electron chi connectivity index (χ3n) is 8.52. The molecule has 1 aromatic heterocycles. The van der Waals surface area contributed by atoms with E-state index in [-0.39, 0.29) is 61.4 Å². The van der Waals surface area contributed by atoms with Gasteiger partial charge in [-0.2, -0.15) is 18.2 Å². The van der Waals surface area contributed by atoms with Crippen LogP contribution in [-0.4, -0.2) is 78.5 Å². The van der Waals surface area contributed by atoms with Crippen LogP contribution in [0.5, 0.6) is 5.88 Å². The number of alkyl halides is 3. The minimum absolute atomic E-state index is 0.00520. The molecule has 3 aromatic rings. The number of halogens is 3. The monoisotopic (exact) mass is 629 g/mol. The van der Waals surface area contributed by atoms with Crippen LogP contribution >= 0.6 is 0 Å². The van der Waals surface area contributed by atoms with Gasteiger partial charge in [0.15, 0.2) is 0 Å². The number of piperazine rings is 1. The third kappa shape index (κ3) is 5.58. The number of sulfonamides is 1. The molecule has 2 fully saturated rings. The van der Waals surface area contributed by atoms with Crippen LogP contribution in [0.2, 0.25) is 0 Å².